The molecule has 3 aliphatic carbocycles. The molecule has 36 heavy (non-hydrogen) atoms. The third-order valence-electron chi connectivity index (χ3n) is 8.77. The van der Waals surface area contributed by atoms with Crippen LogP contribution in [0.25, 0.3) is 0 Å². The lowest BCUT2D eigenvalue weighted by atomic mass is 9.49. The number of sulfonamides is 1. The molecule has 0 aromatic heterocycles. The van der Waals surface area contributed by atoms with Crippen molar-refractivity contribution in [1.82, 2.24) is 14.1 Å². The van der Waals surface area contributed by atoms with Gasteiger partial charge in [0.2, 0.25) is 15.9 Å². The normalized spacial score (nSPS) is 24.2. The molecule has 1 saturated carbocycles. The van der Waals surface area contributed by atoms with Crippen LogP contribution in [0, 0.1) is 17.3 Å². The van der Waals surface area contributed by atoms with Gasteiger partial charge in [-0.2, -0.15) is 4.31 Å². The number of hydrogen-bond donors (Lipinski definition) is 0. The van der Waals surface area contributed by atoms with Gasteiger partial charge in [0.1, 0.15) is 0 Å². The summed E-state index contributed by atoms with van der Waals surface area (Å²) >= 11 is 5.92. The topological polar surface area (TPSA) is 60.9 Å². The van der Waals surface area contributed by atoms with Crippen LogP contribution in [0.4, 0.5) is 0 Å². The summed E-state index contributed by atoms with van der Waals surface area (Å²) in [7, 11) is -3.52. The number of unbranched alkanes of at least 4 members (excludes halogenated alkanes) is 2. The zero-order valence-corrected chi connectivity index (χ0v) is 23.7. The Hall–Kier alpha value is -1.41. The van der Waals surface area contributed by atoms with Gasteiger partial charge in [-0.15, -0.1) is 0 Å². The summed E-state index contributed by atoms with van der Waals surface area (Å²) in [5, 5.41) is 0.525. The van der Waals surface area contributed by atoms with Crippen LogP contribution in [0.3, 0.4) is 0 Å². The Labute approximate surface area is 222 Å². The molecule has 1 aromatic carbocycles. The van der Waals surface area contributed by atoms with E-state index in [1.807, 2.05) is 0 Å². The predicted octanol–water partition coefficient (Wildman–Crippen LogP) is 5.05. The van der Waals surface area contributed by atoms with E-state index >= 15 is 0 Å². The first kappa shape index (κ1) is 27.6. The van der Waals surface area contributed by atoms with Gasteiger partial charge in [0.15, 0.2) is 0 Å². The highest BCUT2D eigenvalue weighted by atomic mass is 35.5. The first-order valence-electron chi connectivity index (χ1n) is 13.6. The van der Waals surface area contributed by atoms with Gasteiger partial charge in [0.05, 0.1) is 4.90 Å². The van der Waals surface area contributed by atoms with Gasteiger partial charge in [0, 0.05) is 57.3 Å². The fourth-order valence-electron chi connectivity index (χ4n) is 6.06. The highest BCUT2D eigenvalue weighted by Crippen LogP contribution is 2.59. The second-order valence-electron chi connectivity index (χ2n) is 11.3. The SMILES string of the molecule is CCCCCC(=O)N(CCN1CCN(S(=O)(=O)c2ccc(Cl)cc2)CC1)CC1=CCC2CC1C2(C)C. The van der Waals surface area contributed by atoms with E-state index in [-0.39, 0.29) is 10.8 Å². The van der Waals surface area contributed by atoms with Crippen LogP contribution in [-0.4, -0.2) is 74.2 Å². The summed E-state index contributed by atoms with van der Waals surface area (Å²) in [4.78, 5) is 17.8. The number of rotatable bonds is 11. The van der Waals surface area contributed by atoms with Crippen LogP contribution in [-0.2, 0) is 14.8 Å². The quantitative estimate of drug-likeness (QED) is 0.294. The molecule has 1 aliphatic heterocycles. The molecule has 2 bridgehead atoms. The number of hydrogen-bond acceptors (Lipinski definition) is 4. The molecule has 1 heterocycles. The van der Waals surface area contributed by atoms with Crippen molar-refractivity contribution in [2.45, 2.75) is 64.2 Å². The average molecular weight is 536 g/mol. The number of fused-ring (bicyclic) bond motifs is 1. The van der Waals surface area contributed by atoms with E-state index in [1.165, 1.54) is 12.0 Å². The first-order valence-corrected chi connectivity index (χ1v) is 15.4. The van der Waals surface area contributed by atoms with Crippen LogP contribution in [0.5, 0.6) is 0 Å². The summed E-state index contributed by atoms with van der Waals surface area (Å²) in [6, 6.07) is 6.36. The van der Waals surface area contributed by atoms with Gasteiger partial charge >= 0.3 is 0 Å². The van der Waals surface area contributed by atoms with Gasteiger partial charge < -0.3 is 4.90 Å². The standard InChI is InChI=1S/C28H42ClN3O3S/c1-4-5-6-7-27(33)31(21-22-8-9-23-20-26(22)28(23,2)3)17-14-30-15-18-32(19-16-30)36(34,35)25-12-10-24(29)11-13-25/h8,10-13,23,26H,4-7,9,14-21H2,1-3H3. The minimum absolute atomic E-state index is 0.257. The van der Waals surface area contributed by atoms with Crippen LogP contribution < -0.4 is 0 Å². The Morgan fingerprint density at radius 1 is 1.11 bits per heavy atom. The Bertz CT molecular complexity index is 1050. The van der Waals surface area contributed by atoms with Crippen molar-refractivity contribution in [3.8, 4) is 0 Å². The molecular formula is C28H42ClN3O3S. The van der Waals surface area contributed by atoms with Gasteiger partial charge in [-0.3, -0.25) is 9.69 Å². The second kappa shape index (κ2) is 11.5. The van der Waals surface area contributed by atoms with Crippen LogP contribution in [0.1, 0.15) is 59.3 Å². The molecular weight excluding hydrogens is 494 g/mol. The fourth-order valence-corrected chi connectivity index (χ4v) is 7.61. The summed E-state index contributed by atoms with van der Waals surface area (Å²) in [6.07, 6.45) is 8.56. The van der Waals surface area contributed by atoms with Crippen LogP contribution in [0.2, 0.25) is 5.02 Å². The molecule has 0 spiro atoms. The predicted molar refractivity (Wildman–Crippen MR) is 145 cm³/mol. The fraction of sp³-hybridized carbons (Fsp3) is 0.679. The number of allylic oxidation sites excluding steroid dienone is 1. The first-order chi connectivity index (χ1) is 17.1. The number of piperazine rings is 1. The molecule has 1 amide bonds. The van der Waals surface area contributed by atoms with Crippen molar-refractivity contribution in [1.29, 1.82) is 0 Å². The number of carbonyl (C=O) groups is 1. The second-order valence-corrected chi connectivity index (χ2v) is 13.7. The smallest absolute Gasteiger partial charge is 0.243 e. The maximum atomic E-state index is 13.2. The Morgan fingerprint density at radius 3 is 2.42 bits per heavy atom. The van der Waals surface area contributed by atoms with Gasteiger partial charge in [-0.05, 0) is 60.8 Å². The minimum Gasteiger partial charge on any atom is -0.337 e. The zero-order valence-electron chi connectivity index (χ0n) is 22.1. The molecule has 1 saturated heterocycles. The minimum atomic E-state index is -3.52. The van der Waals surface area contributed by atoms with E-state index < -0.39 is 10.0 Å². The summed E-state index contributed by atoms with van der Waals surface area (Å²) in [5.41, 5.74) is 1.80. The number of carbonyl (C=O) groups excluding carboxylic acids is 1. The van der Waals surface area contributed by atoms with E-state index in [0.717, 1.165) is 44.7 Å². The van der Waals surface area contributed by atoms with E-state index in [1.54, 1.807) is 28.6 Å². The highest BCUT2D eigenvalue weighted by Gasteiger charge is 2.51. The largest absolute Gasteiger partial charge is 0.337 e. The maximum absolute atomic E-state index is 13.2. The van der Waals surface area contributed by atoms with Gasteiger partial charge in [0.25, 0.3) is 0 Å². The van der Waals surface area contributed by atoms with E-state index in [9.17, 15) is 13.2 Å². The lowest BCUT2D eigenvalue weighted by Crippen LogP contribution is -2.52. The van der Waals surface area contributed by atoms with E-state index in [4.69, 9.17) is 11.6 Å². The monoisotopic (exact) mass is 535 g/mol. The average Bonchev–Trinajstić information content (AvgIpc) is 2.87. The summed E-state index contributed by atoms with van der Waals surface area (Å²) < 4.78 is 27.6. The van der Waals surface area contributed by atoms with Crippen molar-refractivity contribution < 1.29 is 13.2 Å². The Balaban J connectivity index is 1.33. The Morgan fingerprint density at radius 2 is 1.81 bits per heavy atom. The number of benzene rings is 1. The zero-order chi connectivity index (χ0) is 25.9. The summed E-state index contributed by atoms with van der Waals surface area (Å²) in [5.74, 6) is 1.65. The lowest BCUT2D eigenvalue weighted by molar-refractivity contribution is -0.131. The molecule has 0 radical (unpaired) electrons. The third kappa shape index (κ3) is 6.01. The van der Waals surface area contributed by atoms with Crippen molar-refractivity contribution in [2.75, 3.05) is 45.8 Å². The van der Waals surface area contributed by atoms with Crippen molar-refractivity contribution in [2.24, 2.45) is 17.3 Å². The maximum Gasteiger partial charge on any atom is 0.243 e. The Kier molecular flexibility index (Phi) is 8.86. The number of amides is 1. The van der Waals surface area contributed by atoms with Gasteiger partial charge in [-0.25, -0.2) is 8.42 Å². The molecule has 2 fully saturated rings. The van der Waals surface area contributed by atoms with Crippen LogP contribution >= 0.6 is 11.6 Å². The molecule has 0 N–H and O–H groups in total. The highest BCUT2D eigenvalue weighted by molar-refractivity contribution is 7.89. The molecule has 4 aliphatic rings. The molecule has 8 heteroatoms. The molecule has 2 atom stereocenters. The molecule has 6 nitrogen and oxygen atoms in total. The van der Waals surface area contributed by atoms with Crippen molar-refractivity contribution in [3.05, 3.63) is 40.9 Å². The third-order valence-corrected chi connectivity index (χ3v) is 10.9. The number of nitrogens with zero attached hydrogens (tertiary/aromatic N) is 3. The summed E-state index contributed by atoms with van der Waals surface area (Å²) in [6.45, 7) is 11.4. The molecule has 1 aromatic rings. The molecule has 5 rings (SSSR count). The van der Waals surface area contributed by atoms with Crippen molar-refractivity contribution >= 4 is 27.5 Å². The lowest BCUT2D eigenvalue weighted by Gasteiger charge is -2.57. The number of halogens is 1. The van der Waals surface area contributed by atoms with E-state index in [2.05, 4.69) is 36.6 Å². The van der Waals surface area contributed by atoms with Gasteiger partial charge in [-0.1, -0.05) is 56.9 Å². The molecule has 2 unspecified atom stereocenters. The molecule has 200 valence electrons. The van der Waals surface area contributed by atoms with Crippen molar-refractivity contribution in [3.63, 3.8) is 0 Å². The van der Waals surface area contributed by atoms with E-state index in [0.29, 0.717) is 55.5 Å². The van der Waals surface area contributed by atoms with Crippen LogP contribution in [0.15, 0.2) is 40.8 Å².